The fourth-order valence-corrected chi connectivity index (χ4v) is 3.51. The molecule has 3 nitrogen and oxygen atoms in total. The molecule has 2 heterocycles. The van der Waals surface area contributed by atoms with Gasteiger partial charge in [0.15, 0.2) is 5.78 Å². The minimum absolute atomic E-state index is 0.101. The van der Waals surface area contributed by atoms with Crippen LogP contribution in [0.5, 0.6) is 0 Å². The molecule has 0 aromatic heterocycles. The van der Waals surface area contributed by atoms with Gasteiger partial charge in [-0.25, -0.2) is 0 Å². The van der Waals surface area contributed by atoms with Crippen molar-refractivity contribution in [2.24, 2.45) is 0 Å². The summed E-state index contributed by atoms with van der Waals surface area (Å²) in [6.45, 7) is 0. The predicted octanol–water partition coefficient (Wildman–Crippen LogP) is 4.01. The van der Waals surface area contributed by atoms with Gasteiger partial charge >= 0.3 is 0 Å². The molecule has 0 fully saturated rings. The maximum Gasteiger partial charge on any atom is 0.193 e. The Balaban J connectivity index is 1.72. The number of carbonyl (C=O) groups is 1. The molecule has 0 saturated carbocycles. The van der Waals surface area contributed by atoms with E-state index in [2.05, 4.69) is 34.9 Å². The highest BCUT2D eigenvalue weighted by Crippen LogP contribution is 2.30. The molecule has 0 spiro atoms. The molecule has 2 aliphatic rings. The largest absolute Gasteiger partial charge is 0.384 e. The molecule has 0 amide bonds. The fraction of sp³-hybridized carbons (Fsp3) is 0.190. The van der Waals surface area contributed by atoms with E-state index in [-0.39, 0.29) is 17.9 Å². The highest BCUT2D eigenvalue weighted by Gasteiger charge is 2.24. The van der Waals surface area contributed by atoms with Gasteiger partial charge in [0.05, 0.1) is 12.1 Å². The summed E-state index contributed by atoms with van der Waals surface area (Å²) in [7, 11) is 0. The van der Waals surface area contributed by atoms with Crippen LogP contribution in [-0.2, 0) is 0 Å². The molecule has 24 heavy (non-hydrogen) atoms. The third kappa shape index (κ3) is 2.62. The van der Waals surface area contributed by atoms with Crippen LogP contribution in [0.3, 0.4) is 0 Å². The first-order valence-corrected chi connectivity index (χ1v) is 8.39. The second-order valence-electron chi connectivity index (χ2n) is 6.22. The first-order chi connectivity index (χ1) is 11.8. The Hall–Kier alpha value is -2.81. The number of ketones is 1. The third-order valence-corrected chi connectivity index (χ3v) is 4.74. The van der Waals surface area contributed by atoms with E-state index in [0.717, 1.165) is 35.1 Å². The topological polar surface area (TPSA) is 41.1 Å². The van der Waals surface area contributed by atoms with Crippen LogP contribution in [0.1, 0.15) is 52.0 Å². The van der Waals surface area contributed by atoms with E-state index in [1.807, 2.05) is 48.8 Å². The Labute approximate surface area is 142 Å². The molecular formula is C21H20N2O. The van der Waals surface area contributed by atoms with Crippen molar-refractivity contribution in [3.05, 3.63) is 95.3 Å². The zero-order chi connectivity index (χ0) is 16.4. The lowest BCUT2D eigenvalue weighted by atomic mass is 9.89. The quantitative estimate of drug-likeness (QED) is 0.837. The Kier molecular flexibility index (Phi) is 3.91. The van der Waals surface area contributed by atoms with Crippen LogP contribution in [0.2, 0.25) is 0 Å². The Bertz CT molecular complexity index is 739. The molecule has 2 unspecified atom stereocenters. The van der Waals surface area contributed by atoms with Gasteiger partial charge in [0.2, 0.25) is 0 Å². The lowest BCUT2D eigenvalue weighted by Gasteiger charge is -2.19. The van der Waals surface area contributed by atoms with E-state index < -0.39 is 0 Å². The predicted molar refractivity (Wildman–Crippen MR) is 95.6 cm³/mol. The highest BCUT2D eigenvalue weighted by atomic mass is 16.1. The molecule has 0 aliphatic carbocycles. The number of rotatable bonds is 4. The fourth-order valence-electron chi connectivity index (χ4n) is 3.51. The average molecular weight is 316 g/mol. The molecule has 2 atom stereocenters. The van der Waals surface area contributed by atoms with Gasteiger partial charge in [0.25, 0.3) is 0 Å². The van der Waals surface area contributed by atoms with E-state index in [4.69, 9.17) is 0 Å². The van der Waals surface area contributed by atoms with Crippen molar-refractivity contribution in [1.29, 1.82) is 0 Å². The standard InChI is InChI=1S/C21H20N2O/c24-21(17-9-3-1-7-15(17)19-11-5-13-22-19)18-10-4-2-8-16(18)20-12-6-14-23-20/h1-10,13-14,19-20,22-23H,11-12H2. The Morgan fingerprint density at radius 3 is 1.62 bits per heavy atom. The number of carbonyl (C=O) groups excluding carboxylic acids is 1. The molecule has 0 radical (unpaired) electrons. The van der Waals surface area contributed by atoms with Crippen molar-refractivity contribution in [1.82, 2.24) is 10.6 Å². The van der Waals surface area contributed by atoms with Crippen molar-refractivity contribution in [3.8, 4) is 0 Å². The second kappa shape index (κ2) is 6.36. The molecule has 0 saturated heterocycles. The summed E-state index contributed by atoms with van der Waals surface area (Å²) < 4.78 is 0. The molecule has 2 aliphatic heterocycles. The zero-order valence-electron chi connectivity index (χ0n) is 13.4. The maximum absolute atomic E-state index is 13.3. The molecule has 2 N–H and O–H groups in total. The van der Waals surface area contributed by atoms with Gasteiger partial charge in [0, 0.05) is 11.1 Å². The normalized spacial score (nSPS) is 21.5. The number of benzene rings is 2. The summed E-state index contributed by atoms with van der Waals surface area (Å²) in [4.78, 5) is 13.3. The molecule has 120 valence electrons. The molecular weight excluding hydrogens is 296 g/mol. The first-order valence-electron chi connectivity index (χ1n) is 8.39. The SMILES string of the molecule is O=C(c1ccccc1C1CC=CN1)c1ccccc1C1CC=CN1. The number of nitrogens with one attached hydrogen (secondary N) is 2. The lowest BCUT2D eigenvalue weighted by molar-refractivity contribution is 0.103. The monoisotopic (exact) mass is 316 g/mol. The average Bonchev–Trinajstić information content (AvgIpc) is 3.35. The number of hydrogen-bond acceptors (Lipinski definition) is 3. The van der Waals surface area contributed by atoms with Crippen LogP contribution < -0.4 is 10.6 Å². The van der Waals surface area contributed by atoms with Crippen LogP contribution in [-0.4, -0.2) is 5.78 Å². The lowest BCUT2D eigenvalue weighted by Crippen LogP contribution is -2.18. The molecule has 0 bridgehead atoms. The highest BCUT2D eigenvalue weighted by molar-refractivity contribution is 6.11. The molecule has 4 rings (SSSR count). The second-order valence-corrected chi connectivity index (χ2v) is 6.22. The van der Waals surface area contributed by atoms with Crippen LogP contribution in [0.25, 0.3) is 0 Å². The van der Waals surface area contributed by atoms with Crippen LogP contribution >= 0.6 is 0 Å². The summed E-state index contributed by atoms with van der Waals surface area (Å²) in [6, 6.07) is 16.2. The minimum Gasteiger partial charge on any atom is -0.384 e. The van der Waals surface area contributed by atoms with Gasteiger partial charge in [-0.3, -0.25) is 4.79 Å². The van der Waals surface area contributed by atoms with Crippen LogP contribution in [0, 0.1) is 0 Å². The molecule has 2 aromatic carbocycles. The Morgan fingerprint density at radius 1 is 0.750 bits per heavy atom. The van der Waals surface area contributed by atoms with Crippen molar-refractivity contribution in [3.63, 3.8) is 0 Å². The maximum atomic E-state index is 13.3. The summed E-state index contributed by atoms with van der Waals surface area (Å²) >= 11 is 0. The van der Waals surface area contributed by atoms with Gasteiger partial charge < -0.3 is 10.6 Å². The number of hydrogen-bond donors (Lipinski definition) is 2. The van der Waals surface area contributed by atoms with Crippen molar-refractivity contribution >= 4 is 5.78 Å². The van der Waals surface area contributed by atoms with Crippen molar-refractivity contribution in [2.75, 3.05) is 0 Å². The summed E-state index contributed by atoms with van der Waals surface area (Å²) in [6.07, 6.45) is 9.98. The van der Waals surface area contributed by atoms with Crippen molar-refractivity contribution < 1.29 is 4.79 Å². The summed E-state index contributed by atoms with van der Waals surface area (Å²) in [5.74, 6) is 0.101. The summed E-state index contributed by atoms with van der Waals surface area (Å²) in [5.41, 5.74) is 3.72. The van der Waals surface area contributed by atoms with Gasteiger partial charge in [0.1, 0.15) is 0 Å². The van der Waals surface area contributed by atoms with E-state index in [0.29, 0.717) is 0 Å². The van der Waals surface area contributed by atoms with Gasteiger partial charge in [-0.05, 0) is 36.4 Å². The first kappa shape index (κ1) is 14.8. The summed E-state index contributed by atoms with van der Waals surface area (Å²) in [5, 5.41) is 6.67. The zero-order valence-corrected chi connectivity index (χ0v) is 13.4. The van der Waals surface area contributed by atoms with Crippen molar-refractivity contribution in [2.45, 2.75) is 24.9 Å². The van der Waals surface area contributed by atoms with Gasteiger partial charge in [-0.1, -0.05) is 60.7 Å². The smallest absolute Gasteiger partial charge is 0.193 e. The molecule has 3 heteroatoms. The van der Waals surface area contributed by atoms with Gasteiger partial charge in [-0.2, -0.15) is 0 Å². The van der Waals surface area contributed by atoms with E-state index in [1.54, 1.807) is 0 Å². The van der Waals surface area contributed by atoms with Crippen LogP contribution in [0.15, 0.2) is 73.1 Å². The van der Waals surface area contributed by atoms with E-state index in [9.17, 15) is 4.79 Å². The molecule has 2 aromatic rings. The minimum atomic E-state index is 0.101. The van der Waals surface area contributed by atoms with Gasteiger partial charge in [-0.15, -0.1) is 0 Å². The van der Waals surface area contributed by atoms with E-state index in [1.165, 1.54) is 0 Å². The third-order valence-electron chi connectivity index (χ3n) is 4.74. The Morgan fingerprint density at radius 2 is 1.21 bits per heavy atom. The van der Waals surface area contributed by atoms with E-state index >= 15 is 0 Å². The van der Waals surface area contributed by atoms with Crippen LogP contribution in [0.4, 0.5) is 0 Å².